The molecule has 0 aliphatic heterocycles. The fourth-order valence-corrected chi connectivity index (χ4v) is 2.08. The minimum Gasteiger partial charge on any atom is -0.497 e. The Labute approximate surface area is 143 Å². The summed E-state index contributed by atoms with van der Waals surface area (Å²) in [6.07, 6.45) is -0.0208. The van der Waals surface area contributed by atoms with Crippen LogP contribution < -0.4 is 14.8 Å². The molecule has 0 saturated heterocycles. The maximum atomic E-state index is 13.7. The van der Waals surface area contributed by atoms with Gasteiger partial charge in [0.15, 0.2) is 0 Å². The first-order valence-electron chi connectivity index (χ1n) is 7.44. The molecule has 130 valence electrons. The van der Waals surface area contributed by atoms with Gasteiger partial charge in [0.25, 0.3) is 0 Å². The number of carbonyl (C=O) groups excluding carboxylic acids is 1. The van der Waals surface area contributed by atoms with Crippen LogP contribution in [-0.2, 0) is 4.79 Å². The number of ether oxygens (including phenoxy) is 2. The van der Waals surface area contributed by atoms with Crippen LogP contribution in [-0.4, -0.2) is 19.6 Å². The van der Waals surface area contributed by atoms with Crippen molar-refractivity contribution >= 4 is 5.91 Å². The van der Waals surface area contributed by atoms with Crippen molar-refractivity contribution in [1.29, 1.82) is 5.26 Å². The van der Waals surface area contributed by atoms with Gasteiger partial charge in [0, 0.05) is 11.6 Å². The highest BCUT2D eigenvalue weighted by Gasteiger charge is 2.18. The van der Waals surface area contributed by atoms with Crippen molar-refractivity contribution in [3.05, 3.63) is 59.7 Å². The van der Waals surface area contributed by atoms with Crippen molar-refractivity contribution in [2.75, 3.05) is 13.7 Å². The molecule has 0 bridgehead atoms. The maximum absolute atomic E-state index is 13.7. The lowest BCUT2D eigenvalue weighted by Crippen LogP contribution is -2.29. The van der Waals surface area contributed by atoms with E-state index in [0.717, 1.165) is 12.1 Å². The van der Waals surface area contributed by atoms with Gasteiger partial charge in [0.2, 0.25) is 5.91 Å². The van der Waals surface area contributed by atoms with E-state index in [-0.39, 0.29) is 18.6 Å². The Balaban J connectivity index is 1.86. The molecule has 0 spiro atoms. The highest BCUT2D eigenvalue weighted by atomic mass is 19.1. The lowest BCUT2D eigenvalue weighted by Gasteiger charge is -2.13. The summed E-state index contributed by atoms with van der Waals surface area (Å²) >= 11 is 0. The van der Waals surface area contributed by atoms with Crippen LogP contribution in [0, 0.1) is 23.0 Å². The summed E-state index contributed by atoms with van der Waals surface area (Å²) in [7, 11) is 1.55. The standard InChI is InChI=1S/C18H16F2N2O3/c1-24-13-3-5-14(6-4-13)25-9-8-18(23)22-17(11-21)15-7-2-12(19)10-16(15)20/h2-7,10,17H,8-9H2,1H3,(H,22,23)/t17-/m0/s1. The van der Waals surface area contributed by atoms with Crippen molar-refractivity contribution < 1.29 is 23.0 Å². The normalized spacial score (nSPS) is 11.3. The van der Waals surface area contributed by atoms with Gasteiger partial charge in [-0.25, -0.2) is 8.78 Å². The van der Waals surface area contributed by atoms with Crippen molar-refractivity contribution in [3.63, 3.8) is 0 Å². The lowest BCUT2D eigenvalue weighted by atomic mass is 10.1. The monoisotopic (exact) mass is 346 g/mol. The topological polar surface area (TPSA) is 71.3 Å². The summed E-state index contributed by atoms with van der Waals surface area (Å²) in [5.41, 5.74) is -0.0895. The number of nitriles is 1. The molecule has 0 aliphatic carbocycles. The molecule has 0 radical (unpaired) electrons. The second-order valence-electron chi connectivity index (χ2n) is 5.07. The van der Waals surface area contributed by atoms with Gasteiger partial charge in [-0.2, -0.15) is 5.26 Å². The summed E-state index contributed by atoms with van der Waals surface area (Å²) in [5, 5.41) is 11.5. The third-order valence-electron chi connectivity index (χ3n) is 3.37. The van der Waals surface area contributed by atoms with E-state index in [9.17, 15) is 13.6 Å². The van der Waals surface area contributed by atoms with Crippen LogP contribution in [0.15, 0.2) is 42.5 Å². The highest BCUT2D eigenvalue weighted by Crippen LogP contribution is 2.19. The highest BCUT2D eigenvalue weighted by molar-refractivity contribution is 5.77. The molecule has 0 saturated carbocycles. The van der Waals surface area contributed by atoms with E-state index in [0.29, 0.717) is 17.6 Å². The Morgan fingerprint density at radius 3 is 2.48 bits per heavy atom. The molecule has 5 nitrogen and oxygen atoms in total. The number of methoxy groups -OCH3 is 1. The minimum atomic E-state index is -1.20. The molecular weight excluding hydrogens is 330 g/mol. The molecule has 0 aromatic heterocycles. The van der Waals surface area contributed by atoms with E-state index < -0.39 is 23.6 Å². The van der Waals surface area contributed by atoms with Crippen LogP contribution in [0.4, 0.5) is 8.78 Å². The summed E-state index contributed by atoms with van der Waals surface area (Å²) in [6.45, 7) is 0.0855. The summed E-state index contributed by atoms with van der Waals surface area (Å²) in [6, 6.07) is 10.2. The summed E-state index contributed by atoms with van der Waals surface area (Å²) < 4.78 is 37.1. The predicted octanol–water partition coefficient (Wildman–Crippen LogP) is 3.12. The number of nitrogens with one attached hydrogen (secondary N) is 1. The van der Waals surface area contributed by atoms with E-state index in [1.165, 1.54) is 0 Å². The van der Waals surface area contributed by atoms with Crippen molar-refractivity contribution in [1.82, 2.24) is 5.32 Å². The average Bonchev–Trinajstić information content (AvgIpc) is 2.61. The SMILES string of the molecule is COc1ccc(OCCC(=O)N[C@@H](C#N)c2ccc(F)cc2F)cc1. The first-order chi connectivity index (χ1) is 12.0. The Kier molecular flexibility index (Phi) is 6.29. The fraction of sp³-hybridized carbons (Fsp3) is 0.222. The summed E-state index contributed by atoms with van der Waals surface area (Å²) in [5.74, 6) is -0.874. The molecule has 1 amide bonds. The van der Waals surface area contributed by atoms with Crippen LogP contribution in [0.3, 0.4) is 0 Å². The molecule has 0 aliphatic rings. The number of halogens is 2. The average molecular weight is 346 g/mol. The molecule has 2 rings (SSSR count). The number of rotatable bonds is 7. The quantitative estimate of drug-likeness (QED) is 0.836. The van der Waals surface area contributed by atoms with Crippen molar-refractivity contribution in [3.8, 4) is 17.6 Å². The minimum absolute atomic E-state index is 0.0208. The first-order valence-corrected chi connectivity index (χ1v) is 7.44. The number of hydrogen-bond acceptors (Lipinski definition) is 4. The molecule has 0 heterocycles. The van der Waals surface area contributed by atoms with E-state index in [2.05, 4.69) is 5.32 Å². The number of benzene rings is 2. The van der Waals surface area contributed by atoms with Crippen LogP contribution in [0.2, 0.25) is 0 Å². The second-order valence-corrected chi connectivity index (χ2v) is 5.07. The molecule has 1 atom stereocenters. The van der Waals surface area contributed by atoms with Gasteiger partial charge in [-0.15, -0.1) is 0 Å². The Bertz CT molecular complexity index is 773. The number of carbonyl (C=O) groups is 1. The molecule has 7 heteroatoms. The van der Waals surface area contributed by atoms with Crippen LogP contribution in [0.5, 0.6) is 11.5 Å². The first kappa shape index (κ1) is 18.2. The molecule has 2 aromatic rings. The number of nitrogens with zero attached hydrogens (tertiary/aromatic N) is 1. The maximum Gasteiger partial charge on any atom is 0.224 e. The van der Waals surface area contributed by atoms with E-state index in [4.69, 9.17) is 14.7 Å². The smallest absolute Gasteiger partial charge is 0.224 e. The van der Waals surface area contributed by atoms with Crippen LogP contribution >= 0.6 is 0 Å². The molecule has 0 unspecified atom stereocenters. The van der Waals surface area contributed by atoms with Gasteiger partial charge in [-0.3, -0.25) is 4.79 Å². The number of hydrogen-bond donors (Lipinski definition) is 1. The largest absolute Gasteiger partial charge is 0.497 e. The Morgan fingerprint density at radius 2 is 1.88 bits per heavy atom. The molecule has 0 fully saturated rings. The zero-order chi connectivity index (χ0) is 18.2. The molecule has 25 heavy (non-hydrogen) atoms. The van der Waals surface area contributed by atoms with Crippen molar-refractivity contribution in [2.24, 2.45) is 0 Å². The van der Waals surface area contributed by atoms with E-state index in [1.807, 2.05) is 0 Å². The Morgan fingerprint density at radius 1 is 1.20 bits per heavy atom. The number of amides is 1. The van der Waals surface area contributed by atoms with Crippen LogP contribution in [0.25, 0.3) is 0 Å². The van der Waals surface area contributed by atoms with Gasteiger partial charge in [0.05, 0.1) is 26.2 Å². The lowest BCUT2D eigenvalue weighted by molar-refractivity contribution is -0.122. The predicted molar refractivity (Wildman–Crippen MR) is 86.0 cm³/mol. The molecule has 2 aromatic carbocycles. The third-order valence-corrected chi connectivity index (χ3v) is 3.37. The molecular formula is C18H16F2N2O3. The summed E-state index contributed by atoms with van der Waals surface area (Å²) in [4.78, 5) is 11.9. The van der Waals surface area contributed by atoms with Gasteiger partial charge in [-0.1, -0.05) is 6.07 Å². The zero-order valence-corrected chi connectivity index (χ0v) is 13.5. The fourth-order valence-electron chi connectivity index (χ4n) is 2.08. The third kappa shape index (κ3) is 5.18. The molecule has 1 N–H and O–H groups in total. The van der Waals surface area contributed by atoms with Crippen LogP contribution in [0.1, 0.15) is 18.0 Å². The van der Waals surface area contributed by atoms with E-state index in [1.54, 1.807) is 37.4 Å². The van der Waals surface area contributed by atoms with Gasteiger partial charge >= 0.3 is 0 Å². The second kappa shape index (κ2) is 8.64. The Hall–Kier alpha value is -3.14. The van der Waals surface area contributed by atoms with Gasteiger partial charge in [0.1, 0.15) is 29.2 Å². The van der Waals surface area contributed by atoms with E-state index >= 15 is 0 Å². The van der Waals surface area contributed by atoms with Gasteiger partial charge in [-0.05, 0) is 30.3 Å². The van der Waals surface area contributed by atoms with Crippen molar-refractivity contribution in [2.45, 2.75) is 12.5 Å². The zero-order valence-electron chi connectivity index (χ0n) is 13.5. The van der Waals surface area contributed by atoms with Gasteiger partial charge < -0.3 is 14.8 Å².